The van der Waals surface area contributed by atoms with Crippen molar-refractivity contribution in [2.24, 2.45) is 11.8 Å². The maximum atomic E-state index is 12.8. The lowest BCUT2D eigenvalue weighted by molar-refractivity contribution is -0.114. The molecule has 3 aromatic rings. The van der Waals surface area contributed by atoms with E-state index in [1.807, 2.05) is 16.7 Å². The van der Waals surface area contributed by atoms with Gasteiger partial charge in [-0.1, -0.05) is 25.6 Å². The third-order valence-electron chi connectivity index (χ3n) is 5.60. The highest BCUT2D eigenvalue weighted by molar-refractivity contribution is 7.99. The third kappa shape index (κ3) is 5.84. The molecule has 1 aliphatic heterocycles. The maximum absolute atomic E-state index is 12.8. The van der Waals surface area contributed by atoms with Crippen LogP contribution >= 0.6 is 11.8 Å². The second kappa shape index (κ2) is 10.2. The number of piperidine rings is 1. The number of benzene rings is 1. The first-order chi connectivity index (χ1) is 15.9. The maximum Gasteiger partial charge on any atom is 0.228 e. The molecule has 0 spiro atoms. The SMILES string of the molecule is CC(=O)Nc1ccc(C(=O)CSc2nnc(N3CC(C)CC(C)C3)n2Cc2ccco2)cc1. The van der Waals surface area contributed by atoms with Crippen LogP contribution in [0.1, 0.15) is 43.3 Å². The van der Waals surface area contributed by atoms with Gasteiger partial charge in [0.05, 0.1) is 18.6 Å². The average molecular weight is 468 g/mol. The van der Waals surface area contributed by atoms with Gasteiger partial charge in [0.15, 0.2) is 10.9 Å². The predicted octanol–water partition coefficient (Wildman–Crippen LogP) is 4.34. The molecule has 0 aliphatic carbocycles. The van der Waals surface area contributed by atoms with Crippen molar-refractivity contribution in [3.8, 4) is 0 Å². The highest BCUT2D eigenvalue weighted by atomic mass is 32.2. The Hall–Kier alpha value is -3.07. The monoisotopic (exact) mass is 467 g/mol. The second-order valence-corrected chi connectivity index (χ2v) is 9.71. The highest BCUT2D eigenvalue weighted by Crippen LogP contribution is 2.29. The lowest BCUT2D eigenvalue weighted by Crippen LogP contribution is -2.40. The Kier molecular flexibility index (Phi) is 7.17. The number of nitrogens with zero attached hydrogens (tertiary/aromatic N) is 4. The number of carbonyl (C=O) groups is 2. The van der Waals surface area contributed by atoms with Crippen molar-refractivity contribution in [3.05, 3.63) is 54.0 Å². The van der Waals surface area contributed by atoms with Crippen molar-refractivity contribution in [1.29, 1.82) is 0 Å². The summed E-state index contributed by atoms with van der Waals surface area (Å²) in [6.45, 7) is 8.36. The number of nitrogens with one attached hydrogen (secondary N) is 1. The zero-order chi connectivity index (χ0) is 23.4. The van der Waals surface area contributed by atoms with E-state index in [0.29, 0.717) is 34.8 Å². The van der Waals surface area contributed by atoms with Gasteiger partial charge in [0.2, 0.25) is 11.9 Å². The predicted molar refractivity (Wildman–Crippen MR) is 129 cm³/mol. The van der Waals surface area contributed by atoms with Gasteiger partial charge in [0.1, 0.15) is 5.76 Å². The molecule has 4 rings (SSSR count). The van der Waals surface area contributed by atoms with Crippen molar-refractivity contribution >= 4 is 35.1 Å². The molecule has 8 nitrogen and oxygen atoms in total. The van der Waals surface area contributed by atoms with Crippen LogP contribution in [0.5, 0.6) is 0 Å². The molecule has 9 heteroatoms. The molecule has 3 heterocycles. The number of anilines is 2. The molecule has 2 aromatic heterocycles. The Morgan fingerprint density at radius 2 is 1.85 bits per heavy atom. The fraction of sp³-hybridized carbons (Fsp3) is 0.417. The standard InChI is InChI=1S/C24H29N5O3S/c1-16-11-17(2)13-28(12-16)23-26-27-24(29(23)14-21-5-4-10-32-21)33-15-22(31)19-6-8-20(9-7-19)25-18(3)30/h4-10,16-17H,11-15H2,1-3H3,(H,25,30). The molecule has 1 fully saturated rings. The molecule has 1 saturated heterocycles. The van der Waals surface area contributed by atoms with Gasteiger partial charge in [0.25, 0.3) is 0 Å². The molecule has 2 unspecified atom stereocenters. The normalized spacial score (nSPS) is 18.3. The van der Waals surface area contributed by atoms with Crippen LogP contribution in [0.2, 0.25) is 0 Å². The summed E-state index contributed by atoms with van der Waals surface area (Å²) < 4.78 is 7.62. The fourth-order valence-electron chi connectivity index (χ4n) is 4.30. The number of amides is 1. The number of hydrogen-bond donors (Lipinski definition) is 1. The van der Waals surface area contributed by atoms with Crippen LogP contribution in [0.4, 0.5) is 11.6 Å². The summed E-state index contributed by atoms with van der Waals surface area (Å²) in [6, 6.07) is 10.7. The van der Waals surface area contributed by atoms with Crippen LogP contribution in [-0.2, 0) is 11.3 Å². The quantitative estimate of drug-likeness (QED) is 0.389. The molecule has 1 aromatic carbocycles. The zero-order valence-corrected chi connectivity index (χ0v) is 20.0. The molecule has 2 atom stereocenters. The van der Waals surface area contributed by atoms with Gasteiger partial charge >= 0.3 is 0 Å². The number of rotatable bonds is 8. The van der Waals surface area contributed by atoms with Crippen molar-refractivity contribution in [2.45, 2.75) is 38.9 Å². The van der Waals surface area contributed by atoms with Crippen LogP contribution in [0.3, 0.4) is 0 Å². The molecule has 174 valence electrons. The first-order valence-corrected chi connectivity index (χ1v) is 12.1. The number of ketones is 1. The Labute approximate surface area is 197 Å². The summed E-state index contributed by atoms with van der Waals surface area (Å²) in [5.41, 5.74) is 1.26. The van der Waals surface area contributed by atoms with Gasteiger partial charge < -0.3 is 14.6 Å². The van der Waals surface area contributed by atoms with E-state index in [1.165, 1.54) is 25.1 Å². The van der Waals surface area contributed by atoms with Crippen LogP contribution in [-0.4, -0.2) is 45.3 Å². The van der Waals surface area contributed by atoms with E-state index >= 15 is 0 Å². The first kappa shape index (κ1) is 23.1. The van der Waals surface area contributed by atoms with Crippen molar-refractivity contribution in [1.82, 2.24) is 14.8 Å². The first-order valence-electron chi connectivity index (χ1n) is 11.1. The minimum Gasteiger partial charge on any atom is -0.467 e. The number of furan rings is 1. The molecular weight excluding hydrogens is 438 g/mol. The number of hydrogen-bond acceptors (Lipinski definition) is 7. The van der Waals surface area contributed by atoms with Gasteiger partial charge in [-0.15, -0.1) is 10.2 Å². The van der Waals surface area contributed by atoms with Crippen molar-refractivity contribution in [2.75, 3.05) is 29.1 Å². The van der Waals surface area contributed by atoms with Gasteiger partial charge in [-0.05, 0) is 54.7 Å². The summed E-state index contributed by atoms with van der Waals surface area (Å²) in [7, 11) is 0. The van der Waals surface area contributed by atoms with E-state index in [1.54, 1.807) is 30.5 Å². The van der Waals surface area contributed by atoms with E-state index in [-0.39, 0.29) is 17.4 Å². The Morgan fingerprint density at radius 3 is 2.48 bits per heavy atom. The molecule has 1 amide bonds. The smallest absolute Gasteiger partial charge is 0.228 e. The zero-order valence-electron chi connectivity index (χ0n) is 19.2. The number of thioether (sulfide) groups is 1. The molecule has 1 aliphatic rings. The third-order valence-corrected chi connectivity index (χ3v) is 6.57. The number of aromatic nitrogens is 3. The minimum atomic E-state index is -0.145. The number of Topliss-reactive ketones (excluding diaryl/α,β-unsaturated/α-hetero) is 1. The van der Waals surface area contributed by atoms with E-state index in [0.717, 1.165) is 24.8 Å². The Morgan fingerprint density at radius 1 is 1.12 bits per heavy atom. The van der Waals surface area contributed by atoms with Crippen LogP contribution in [0, 0.1) is 11.8 Å². The van der Waals surface area contributed by atoms with Crippen LogP contribution in [0.25, 0.3) is 0 Å². The van der Waals surface area contributed by atoms with Crippen LogP contribution in [0.15, 0.2) is 52.2 Å². The topological polar surface area (TPSA) is 93.3 Å². The van der Waals surface area contributed by atoms with Crippen molar-refractivity contribution in [3.63, 3.8) is 0 Å². The molecule has 0 radical (unpaired) electrons. The molecule has 0 bridgehead atoms. The Bertz CT molecular complexity index is 1080. The fourth-order valence-corrected chi connectivity index (χ4v) is 5.13. The minimum absolute atomic E-state index is 0.0105. The van der Waals surface area contributed by atoms with Crippen LogP contribution < -0.4 is 10.2 Å². The summed E-state index contributed by atoms with van der Waals surface area (Å²) in [6.07, 6.45) is 2.87. The van der Waals surface area contributed by atoms with Gasteiger partial charge in [0, 0.05) is 31.3 Å². The van der Waals surface area contributed by atoms with Gasteiger partial charge in [-0.25, -0.2) is 0 Å². The summed E-state index contributed by atoms with van der Waals surface area (Å²) in [4.78, 5) is 26.3. The highest BCUT2D eigenvalue weighted by Gasteiger charge is 2.27. The summed E-state index contributed by atoms with van der Waals surface area (Å²) >= 11 is 1.37. The van der Waals surface area contributed by atoms with E-state index in [2.05, 4.69) is 34.3 Å². The average Bonchev–Trinajstić information content (AvgIpc) is 3.42. The molecule has 33 heavy (non-hydrogen) atoms. The molecule has 1 N–H and O–H groups in total. The Balaban J connectivity index is 1.50. The van der Waals surface area contributed by atoms with E-state index < -0.39 is 0 Å². The van der Waals surface area contributed by atoms with E-state index in [4.69, 9.17) is 4.42 Å². The van der Waals surface area contributed by atoms with Crippen molar-refractivity contribution < 1.29 is 14.0 Å². The lowest BCUT2D eigenvalue weighted by Gasteiger charge is -2.35. The van der Waals surface area contributed by atoms with E-state index in [9.17, 15) is 9.59 Å². The summed E-state index contributed by atoms with van der Waals surface area (Å²) in [5.74, 6) is 2.89. The van der Waals surface area contributed by atoms with Gasteiger partial charge in [-0.3, -0.25) is 14.2 Å². The van der Waals surface area contributed by atoms with Gasteiger partial charge in [-0.2, -0.15) is 0 Å². The second-order valence-electron chi connectivity index (χ2n) is 8.77. The molecular formula is C24H29N5O3S. The lowest BCUT2D eigenvalue weighted by atomic mass is 9.92. The molecule has 0 saturated carbocycles. The summed E-state index contributed by atoms with van der Waals surface area (Å²) in [5, 5.41) is 12.3. The largest absolute Gasteiger partial charge is 0.467 e. The number of carbonyl (C=O) groups excluding carboxylic acids is 2.